The fourth-order valence-corrected chi connectivity index (χ4v) is 2.69. The third-order valence-corrected chi connectivity index (χ3v) is 3.65. The highest BCUT2D eigenvalue weighted by molar-refractivity contribution is 5.95. The van der Waals surface area contributed by atoms with Crippen molar-refractivity contribution in [1.29, 1.82) is 0 Å². The number of hydrogen-bond donors (Lipinski definition) is 1. The zero-order valence-electron chi connectivity index (χ0n) is 11.7. The maximum absolute atomic E-state index is 13.9. The van der Waals surface area contributed by atoms with E-state index in [0.717, 1.165) is 31.0 Å². The molecule has 0 radical (unpaired) electrons. The molecule has 0 aromatic heterocycles. The number of likely N-dealkylation sites (tertiary alicyclic amines) is 1. The van der Waals surface area contributed by atoms with E-state index in [-0.39, 0.29) is 17.3 Å². The summed E-state index contributed by atoms with van der Waals surface area (Å²) in [6.45, 7) is 2.15. The number of carbonyl (C=O) groups excluding carboxylic acids is 1. The second kappa shape index (κ2) is 6.17. The molecular formula is C14H17FN2O4. The highest BCUT2D eigenvalue weighted by atomic mass is 19.1. The largest absolute Gasteiger partial charge is 0.393 e. The molecule has 1 aromatic rings. The number of non-ortho nitro benzene ring substituents is 1. The van der Waals surface area contributed by atoms with Gasteiger partial charge in [0.15, 0.2) is 0 Å². The van der Waals surface area contributed by atoms with Crippen molar-refractivity contribution in [3.8, 4) is 0 Å². The van der Waals surface area contributed by atoms with E-state index in [2.05, 4.69) is 0 Å². The Kier molecular flexibility index (Phi) is 4.52. The van der Waals surface area contributed by atoms with Crippen LogP contribution in [0.4, 0.5) is 10.1 Å². The summed E-state index contributed by atoms with van der Waals surface area (Å²) in [4.78, 5) is 23.8. The van der Waals surface area contributed by atoms with Gasteiger partial charge in [-0.15, -0.1) is 0 Å². The van der Waals surface area contributed by atoms with Gasteiger partial charge in [0.25, 0.3) is 11.6 Å². The molecule has 1 aliphatic rings. The number of nitrogens with zero attached hydrogens (tertiary/aromatic N) is 2. The smallest absolute Gasteiger partial charge is 0.272 e. The van der Waals surface area contributed by atoms with E-state index in [0.29, 0.717) is 13.0 Å². The number of benzene rings is 1. The first kappa shape index (κ1) is 15.4. The molecule has 6 nitrogen and oxygen atoms in total. The summed E-state index contributed by atoms with van der Waals surface area (Å²) in [7, 11) is 0. The lowest BCUT2D eigenvalue weighted by Gasteiger charge is -2.25. The first-order valence-corrected chi connectivity index (χ1v) is 6.83. The van der Waals surface area contributed by atoms with E-state index < -0.39 is 22.8 Å². The molecule has 1 N–H and O–H groups in total. The monoisotopic (exact) mass is 296 g/mol. The van der Waals surface area contributed by atoms with E-state index in [1.165, 1.54) is 4.90 Å². The number of nitro benzene ring substituents is 1. The number of halogens is 1. The highest BCUT2D eigenvalue weighted by Crippen LogP contribution is 2.25. The Balaban J connectivity index is 2.21. The summed E-state index contributed by atoms with van der Waals surface area (Å²) in [5, 5.41) is 20.0. The fraction of sp³-hybridized carbons (Fsp3) is 0.500. The van der Waals surface area contributed by atoms with Gasteiger partial charge in [0.1, 0.15) is 5.82 Å². The van der Waals surface area contributed by atoms with Crippen LogP contribution in [0, 0.1) is 15.9 Å². The minimum Gasteiger partial charge on any atom is -0.393 e. The molecule has 7 heteroatoms. The second-order valence-electron chi connectivity index (χ2n) is 5.30. The number of hydrogen-bond acceptors (Lipinski definition) is 4. The van der Waals surface area contributed by atoms with Crippen molar-refractivity contribution in [3.05, 3.63) is 39.7 Å². The van der Waals surface area contributed by atoms with Crippen molar-refractivity contribution in [2.24, 2.45) is 0 Å². The molecule has 114 valence electrons. The number of nitro groups is 1. The maximum atomic E-state index is 13.9. The standard InChI is InChI=1S/C14H17FN2O4/c1-9(18)7-10-3-2-6-16(10)14(19)12-5-4-11(17(20)21)8-13(12)15/h4-5,8-10,18H,2-3,6-7H2,1H3. The van der Waals surface area contributed by atoms with Gasteiger partial charge in [-0.1, -0.05) is 0 Å². The van der Waals surface area contributed by atoms with Crippen LogP contribution in [0.1, 0.15) is 36.5 Å². The van der Waals surface area contributed by atoms with Crippen LogP contribution in [0.25, 0.3) is 0 Å². The van der Waals surface area contributed by atoms with Crippen LogP contribution < -0.4 is 0 Å². The topological polar surface area (TPSA) is 83.7 Å². The summed E-state index contributed by atoms with van der Waals surface area (Å²) >= 11 is 0. The third-order valence-electron chi connectivity index (χ3n) is 3.65. The van der Waals surface area contributed by atoms with E-state index in [1.54, 1.807) is 6.92 Å². The number of aliphatic hydroxyl groups excluding tert-OH is 1. The minimum absolute atomic E-state index is 0.118. The van der Waals surface area contributed by atoms with Gasteiger partial charge in [0.2, 0.25) is 0 Å². The average Bonchev–Trinajstić information content (AvgIpc) is 2.85. The Hall–Kier alpha value is -2.02. The zero-order valence-corrected chi connectivity index (χ0v) is 11.7. The third kappa shape index (κ3) is 3.36. The van der Waals surface area contributed by atoms with E-state index in [1.807, 2.05) is 0 Å². The molecule has 0 bridgehead atoms. The van der Waals surface area contributed by atoms with Crippen molar-refractivity contribution < 1.29 is 19.2 Å². The molecule has 21 heavy (non-hydrogen) atoms. The van der Waals surface area contributed by atoms with Crippen molar-refractivity contribution in [2.45, 2.75) is 38.3 Å². The number of amides is 1. The first-order chi connectivity index (χ1) is 9.90. The fourth-order valence-electron chi connectivity index (χ4n) is 2.69. The predicted molar refractivity (Wildman–Crippen MR) is 73.4 cm³/mol. The Morgan fingerprint density at radius 1 is 1.62 bits per heavy atom. The van der Waals surface area contributed by atoms with Gasteiger partial charge >= 0.3 is 0 Å². The highest BCUT2D eigenvalue weighted by Gasteiger charge is 2.31. The van der Waals surface area contributed by atoms with Gasteiger partial charge in [0, 0.05) is 18.7 Å². The molecule has 0 spiro atoms. The van der Waals surface area contributed by atoms with Crippen molar-refractivity contribution in [2.75, 3.05) is 6.54 Å². The van der Waals surface area contributed by atoms with Gasteiger partial charge in [0.05, 0.1) is 22.7 Å². The Bertz CT molecular complexity index is 562. The van der Waals surface area contributed by atoms with Crippen LogP contribution in [0.3, 0.4) is 0 Å². The molecule has 1 heterocycles. The molecule has 0 aliphatic carbocycles. The number of rotatable bonds is 4. The van der Waals surface area contributed by atoms with E-state index >= 15 is 0 Å². The van der Waals surface area contributed by atoms with Crippen LogP contribution >= 0.6 is 0 Å². The summed E-state index contributed by atoms with van der Waals surface area (Å²) in [5.41, 5.74) is -0.552. The van der Waals surface area contributed by atoms with Crippen LogP contribution in [0.2, 0.25) is 0 Å². The number of carbonyl (C=O) groups is 1. The molecule has 1 aromatic carbocycles. The molecule has 1 aliphatic heterocycles. The maximum Gasteiger partial charge on any atom is 0.272 e. The van der Waals surface area contributed by atoms with Crippen LogP contribution in [-0.4, -0.2) is 39.5 Å². The normalized spacial score (nSPS) is 19.6. The molecule has 1 saturated heterocycles. The average molecular weight is 296 g/mol. The van der Waals surface area contributed by atoms with Crippen molar-refractivity contribution >= 4 is 11.6 Å². The van der Waals surface area contributed by atoms with Gasteiger partial charge < -0.3 is 10.0 Å². The zero-order chi connectivity index (χ0) is 15.6. The first-order valence-electron chi connectivity index (χ1n) is 6.83. The molecule has 1 amide bonds. The summed E-state index contributed by atoms with van der Waals surface area (Å²) < 4.78 is 13.9. The van der Waals surface area contributed by atoms with E-state index in [4.69, 9.17) is 0 Å². The molecule has 2 rings (SSSR count). The Morgan fingerprint density at radius 2 is 2.33 bits per heavy atom. The van der Waals surface area contributed by atoms with Gasteiger partial charge in [-0.25, -0.2) is 4.39 Å². The van der Waals surface area contributed by atoms with Crippen molar-refractivity contribution in [1.82, 2.24) is 4.90 Å². The van der Waals surface area contributed by atoms with Crippen molar-refractivity contribution in [3.63, 3.8) is 0 Å². The van der Waals surface area contributed by atoms with Crippen LogP contribution in [-0.2, 0) is 0 Å². The van der Waals surface area contributed by atoms with Gasteiger partial charge in [-0.2, -0.15) is 0 Å². The van der Waals surface area contributed by atoms with Gasteiger partial charge in [-0.3, -0.25) is 14.9 Å². The lowest BCUT2D eigenvalue weighted by molar-refractivity contribution is -0.385. The lowest BCUT2D eigenvalue weighted by Crippen LogP contribution is -2.37. The van der Waals surface area contributed by atoms with Crippen LogP contribution in [0.15, 0.2) is 18.2 Å². The van der Waals surface area contributed by atoms with Gasteiger partial charge in [-0.05, 0) is 32.3 Å². The summed E-state index contributed by atoms with van der Waals surface area (Å²) in [6.07, 6.45) is 1.48. The van der Waals surface area contributed by atoms with E-state index in [9.17, 15) is 24.4 Å². The molecule has 2 atom stereocenters. The second-order valence-corrected chi connectivity index (χ2v) is 5.30. The summed E-state index contributed by atoms with van der Waals surface area (Å²) in [5.74, 6) is -1.37. The van der Waals surface area contributed by atoms with Crippen LogP contribution in [0.5, 0.6) is 0 Å². The summed E-state index contributed by atoms with van der Waals surface area (Å²) in [6, 6.07) is 2.91. The number of aliphatic hydroxyl groups is 1. The Morgan fingerprint density at radius 3 is 2.90 bits per heavy atom. The minimum atomic E-state index is -0.892. The molecule has 0 saturated carbocycles. The molecule has 1 fully saturated rings. The SMILES string of the molecule is CC(O)CC1CCCN1C(=O)c1ccc([N+](=O)[O-])cc1F. The lowest BCUT2D eigenvalue weighted by atomic mass is 10.1. The molecule has 2 unspecified atom stereocenters. The predicted octanol–water partition coefficient (Wildman–Crippen LogP) is 2.11. The molecular weight excluding hydrogens is 279 g/mol. The quantitative estimate of drug-likeness (QED) is 0.681. The Labute approximate surface area is 121 Å².